The van der Waals surface area contributed by atoms with Crippen LogP contribution in [0.25, 0.3) is 21.5 Å². The second-order valence-electron chi connectivity index (χ2n) is 5.50. The number of nitrogens with two attached hydrogens (primary N) is 1. The van der Waals surface area contributed by atoms with Crippen LogP contribution < -0.4 is 5.73 Å². The molecule has 3 rings (SSSR count). The van der Waals surface area contributed by atoms with E-state index in [1.165, 1.54) is 27.1 Å². The van der Waals surface area contributed by atoms with Gasteiger partial charge in [-0.2, -0.15) is 0 Å². The first-order chi connectivity index (χ1) is 9.66. The van der Waals surface area contributed by atoms with Gasteiger partial charge in [0.25, 0.3) is 0 Å². The number of rotatable bonds is 3. The SMILES string of the molecule is C=C(C)C[C@H](N)c1cc2ccccc2c2ccccc12. The highest BCUT2D eigenvalue weighted by Crippen LogP contribution is 2.32. The molecule has 0 spiro atoms. The third-order valence-electron chi connectivity index (χ3n) is 3.77. The Labute approximate surface area is 119 Å². The van der Waals surface area contributed by atoms with E-state index in [2.05, 4.69) is 61.2 Å². The van der Waals surface area contributed by atoms with E-state index in [1.54, 1.807) is 0 Å². The van der Waals surface area contributed by atoms with Crippen LogP contribution in [-0.4, -0.2) is 0 Å². The van der Waals surface area contributed by atoms with E-state index in [-0.39, 0.29) is 6.04 Å². The van der Waals surface area contributed by atoms with Crippen LogP contribution in [0.4, 0.5) is 0 Å². The Morgan fingerprint density at radius 2 is 1.60 bits per heavy atom. The van der Waals surface area contributed by atoms with Gasteiger partial charge in [-0.25, -0.2) is 0 Å². The molecule has 0 fully saturated rings. The Morgan fingerprint density at radius 1 is 1.00 bits per heavy atom. The Morgan fingerprint density at radius 3 is 2.30 bits per heavy atom. The molecule has 0 heterocycles. The maximum Gasteiger partial charge on any atom is 0.0338 e. The van der Waals surface area contributed by atoms with Gasteiger partial charge in [-0.15, -0.1) is 6.58 Å². The van der Waals surface area contributed by atoms with Crippen molar-refractivity contribution in [3.8, 4) is 0 Å². The molecule has 20 heavy (non-hydrogen) atoms. The fourth-order valence-corrected chi connectivity index (χ4v) is 2.88. The fourth-order valence-electron chi connectivity index (χ4n) is 2.88. The van der Waals surface area contributed by atoms with E-state index in [9.17, 15) is 0 Å². The molecule has 0 aliphatic heterocycles. The summed E-state index contributed by atoms with van der Waals surface area (Å²) in [6, 6.07) is 19.2. The summed E-state index contributed by atoms with van der Waals surface area (Å²) in [4.78, 5) is 0. The zero-order valence-electron chi connectivity index (χ0n) is 11.8. The Balaban J connectivity index is 2.31. The lowest BCUT2D eigenvalue weighted by Gasteiger charge is -2.16. The summed E-state index contributed by atoms with van der Waals surface area (Å²) >= 11 is 0. The second kappa shape index (κ2) is 5.10. The van der Waals surface area contributed by atoms with E-state index >= 15 is 0 Å². The molecule has 3 aromatic rings. The molecule has 0 unspecified atom stereocenters. The van der Waals surface area contributed by atoms with Crippen LogP contribution in [0.5, 0.6) is 0 Å². The second-order valence-corrected chi connectivity index (χ2v) is 5.50. The minimum atomic E-state index is 0.00186. The van der Waals surface area contributed by atoms with Crippen molar-refractivity contribution < 1.29 is 0 Å². The summed E-state index contributed by atoms with van der Waals surface area (Å²) in [7, 11) is 0. The summed E-state index contributed by atoms with van der Waals surface area (Å²) in [5, 5.41) is 5.06. The van der Waals surface area contributed by atoms with Crippen molar-refractivity contribution in [2.24, 2.45) is 5.73 Å². The highest BCUT2D eigenvalue weighted by Gasteiger charge is 2.12. The summed E-state index contributed by atoms with van der Waals surface area (Å²) < 4.78 is 0. The normalized spacial score (nSPS) is 12.7. The van der Waals surface area contributed by atoms with Crippen LogP contribution in [0, 0.1) is 0 Å². The number of hydrogen-bond donors (Lipinski definition) is 1. The first kappa shape index (κ1) is 12.9. The van der Waals surface area contributed by atoms with Gasteiger partial charge in [0.2, 0.25) is 0 Å². The predicted octanol–water partition coefficient (Wildman–Crippen LogP) is 4.96. The molecule has 0 bridgehead atoms. The summed E-state index contributed by atoms with van der Waals surface area (Å²) in [6.07, 6.45) is 0.822. The maximum absolute atomic E-state index is 6.39. The molecule has 0 radical (unpaired) electrons. The highest BCUT2D eigenvalue weighted by molar-refractivity contribution is 6.09. The predicted molar refractivity (Wildman–Crippen MR) is 87.8 cm³/mol. The molecule has 0 saturated heterocycles. The van der Waals surface area contributed by atoms with Crippen LogP contribution in [0.15, 0.2) is 66.7 Å². The monoisotopic (exact) mass is 261 g/mol. The van der Waals surface area contributed by atoms with Crippen molar-refractivity contribution in [1.29, 1.82) is 0 Å². The van der Waals surface area contributed by atoms with Crippen molar-refractivity contribution in [2.45, 2.75) is 19.4 Å². The van der Waals surface area contributed by atoms with E-state index in [0.29, 0.717) is 0 Å². The van der Waals surface area contributed by atoms with E-state index in [1.807, 2.05) is 6.92 Å². The zero-order chi connectivity index (χ0) is 14.1. The van der Waals surface area contributed by atoms with Gasteiger partial charge < -0.3 is 5.73 Å². The van der Waals surface area contributed by atoms with E-state index in [0.717, 1.165) is 12.0 Å². The number of hydrogen-bond acceptors (Lipinski definition) is 1. The van der Waals surface area contributed by atoms with Crippen LogP contribution in [0.3, 0.4) is 0 Å². The van der Waals surface area contributed by atoms with E-state index in [4.69, 9.17) is 5.73 Å². The Hall–Kier alpha value is -2.12. The fraction of sp³-hybridized carbons (Fsp3) is 0.158. The minimum absolute atomic E-state index is 0.00186. The van der Waals surface area contributed by atoms with Gasteiger partial charge in [-0.3, -0.25) is 0 Å². The van der Waals surface area contributed by atoms with Gasteiger partial charge in [-0.05, 0) is 46.5 Å². The average molecular weight is 261 g/mol. The lowest BCUT2D eigenvalue weighted by molar-refractivity contribution is 0.724. The van der Waals surface area contributed by atoms with Gasteiger partial charge in [0, 0.05) is 6.04 Å². The maximum atomic E-state index is 6.39. The van der Waals surface area contributed by atoms with Crippen LogP contribution in [0.2, 0.25) is 0 Å². The van der Waals surface area contributed by atoms with Crippen molar-refractivity contribution in [3.63, 3.8) is 0 Å². The smallest absolute Gasteiger partial charge is 0.0338 e. The molecule has 1 atom stereocenters. The number of fused-ring (bicyclic) bond motifs is 3. The highest BCUT2D eigenvalue weighted by atomic mass is 14.6. The minimum Gasteiger partial charge on any atom is -0.324 e. The molecule has 0 amide bonds. The van der Waals surface area contributed by atoms with Crippen molar-refractivity contribution in [3.05, 3.63) is 72.3 Å². The lowest BCUT2D eigenvalue weighted by atomic mass is 9.91. The van der Waals surface area contributed by atoms with Crippen LogP contribution in [0.1, 0.15) is 24.9 Å². The first-order valence-corrected chi connectivity index (χ1v) is 6.97. The van der Waals surface area contributed by atoms with E-state index < -0.39 is 0 Å². The van der Waals surface area contributed by atoms with Crippen molar-refractivity contribution >= 4 is 21.5 Å². The van der Waals surface area contributed by atoms with Crippen molar-refractivity contribution in [2.75, 3.05) is 0 Å². The average Bonchev–Trinajstić information content (AvgIpc) is 2.45. The largest absolute Gasteiger partial charge is 0.324 e. The topological polar surface area (TPSA) is 26.0 Å². The van der Waals surface area contributed by atoms with Gasteiger partial charge in [0.05, 0.1) is 0 Å². The van der Waals surface area contributed by atoms with Gasteiger partial charge in [0.1, 0.15) is 0 Å². The standard InChI is InChI=1S/C19H19N/c1-13(2)11-19(20)18-12-14-7-3-4-8-15(14)16-9-5-6-10-17(16)18/h3-10,12,19H,1,11,20H2,2H3/t19-/m0/s1. The molecule has 3 aromatic carbocycles. The Kier molecular flexibility index (Phi) is 3.29. The third kappa shape index (κ3) is 2.21. The molecule has 0 saturated carbocycles. The molecular weight excluding hydrogens is 242 g/mol. The summed E-state index contributed by atoms with van der Waals surface area (Å²) in [5.41, 5.74) is 8.72. The first-order valence-electron chi connectivity index (χ1n) is 6.97. The molecule has 0 aliphatic rings. The summed E-state index contributed by atoms with van der Waals surface area (Å²) in [6.45, 7) is 6.01. The summed E-state index contributed by atoms with van der Waals surface area (Å²) in [5.74, 6) is 0. The molecule has 0 aromatic heterocycles. The molecule has 1 nitrogen and oxygen atoms in total. The van der Waals surface area contributed by atoms with Gasteiger partial charge >= 0.3 is 0 Å². The lowest BCUT2D eigenvalue weighted by Crippen LogP contribution is -2.11. The van der Waals surface area contributed by atoms with Crippen LogP contribution in [-0.2, 0) is 0 Å². The van der Waals surface area contributed by atoms with Crippen LogP contribution >= 0.6 is 0 Å². The number of benzene rings is 3. The molecule has 1 heteroatoms. The molecule has 100 valence electrons. The molecule has 0 aliphatic carbocycles. The quantitative estimate of drug-likeness (QED) is 0.523. The van der Waals surface area contributed by atoms with Gasteiger partial charge in [0.15, 0.2) is 0 Å². The molecular formula is C19H19N. The third-order valence-corrected chi connectivity index (χ3v) is 3.77. The Bertz CT molecular complexity index is 786. The van der Waals surface area contributed by atoms with Crippen molar-refractivity contribution in [1.82, 2.24) is 0 Å². The molecule has 2 N–H and O–H groups in total. The van der Waals surface area contributed by atoms with Gasteiger partial charge in [-0.1, -0.05) is 54.1 Å². The zero-order valence-corrected chi connectivity index (χ0v) is 11.8.